The largest absolute Gasteiger partial charge is 0.361 e. The fourth-order valence-electron chi connectivity index (χ4n) is 4.88. The van der Waals surface area contributed by atoms with Crippen LogP contribution in [0.1, 0.15) is 22.7 Å². The van der Waals surface area contributed by atoms with Gasteiger partial charge in [-0.15, -0.1) is 0 Å². The molecule has 1 atom stereocenters. The number of nitrogens with zero attached hydrogens (tertiary/aromatic N) is 3. The summed E-state index contributed by atoms with van der Waals surface area (Å²) in [5.74, 6) is 0. The van der Waals surface area contributed by atoms with Crippen LogP contribution in [-0.2, 0) is 6.42 Å². The zero-order valence-corrected chi connectivity index (χ0v) is 18.0. The molecule has 1 aliphatic rings. The van der Waals surface area contributed by atoms with Gasteiger partial charge in [0.1, 0.15) is 0 Å². The number of aromatic nitrogens is 3. The quantitative estimate of drug-likeness (QED) is 0.418. The maximum atomic E-state index is 12.4. The number of H-pyrrole nitrogens is 1. The number of carbonyl (C=O) groups excluding carboxylic acids is 1. The fourth-order valence-corrected chi connectivity index (χ4v) is 4.88. The Kier molecular flexibility index (Phi) is 4.50. The highest BCUT2D eigenvalue weighted by molar-refractivity contribution is 5.89. The average Bonchev–Trinajstić information content (AvgIpc) is 3.51. The molecule has 0 bridgehead atoms. The van der Waals surface area contributed by atoms with Gasteiger partial charge in [0.15, 0.2) is 0 Å². The van der Waals surface area contributed by atoms with Crippen molar-refractivity contribution in [1.82, 2.24) is 19.7 Å². The van der Waals surface area contributed by atoms with E-state index in [9.17, 15) is 4.79 Å². The topological polar surface area (TPSA) is 79.9 Å². The van der Waals surface area contributed by atoms with Gasteiger partial charge in [0, 0.05) is 41.0 Å². The van der Waals surface area contributed by atoms with Gasteiger partial charge in [0.25, 0.3) is 0 Å². The first kappa shape index (κ1) is 19.4. The van der Waals surface area contributed by atoms with E-state index in [-0.39, 0.29) is 6.04 Å². The van der Waals surface area contributed by atoms with Gasteiger partial charge in [0.2, 0.25) is 0 Å². The number of benzene rings is 3. The number of urea groups is 1. The molecule has 2 aromatic heterocycles. The number of nitrogens with one attached hydrogen (secondary N) is 1. The molecule has 0 fully saturated rings. The predicted molar refractivity (Wildman–Crippen MR) is 129 cm³/mol. The summed E-state index contributed by atoms with van der Waals surface area (Å²) in [7, 11) is 0. The molecule has 162 valence electrons. The van der Waals surface area contributed by atoms with Crippen molar-refractivity contribution in [3.8, 4) is 16.8 Å². The predicted octanol–water partition coefficient (Wildman–Crippen LogP) is 5.05. The number of nitrogens with two attached hydrogens (primary N) is 1. The molecule has 3 heterocycles. The number of para-hydroxylation sites is 1. The average molecular weight is 434 g/mol. The van der Waals surface area contributed by atoms with Crippen molar-refractivity contribution in [3.63, 3.8) is 0 Å². The van der Waals surface area contributed by atoms with Crippen LogP contribution in [-0.4, -0.2) is 32.2 Å². The molecule has 1 unspecified atom stereocenters. The highest BCUT2D eigenvalue weighted by Gasteiger charge is 2.32. The lowest BCUT2D eigenvalue weighted by Crippen LogP contribution is -2.43. The summed E-state index contributed by atoms with van der Waals surface area (Å²) in [6.07, 6.45) is 6.73. The molecule has 6 rings (SSSR count). The van der Waals surface area contributed by atoms with Crippen molar-refractivity contribution in [2.24, 2.45) is 5.73 Å². The van der Waals surface area contributed by atoms with Gasteiger partial charge in [0.05, 0.1) is 17.9 Å². The van der Waals surface area contributed by atoms with Crippen molar-refractivity contribution >= 4 is 16.9 Å². The van der Waals surface area contributed by atoms with E-state index in [0.29, 0.717) is 6.54 Å². The van der Waals surface area contributed by atoms with Crippen molar-refractivity contribution in [2.45, 2.75) is 12.5 Å². The molecule has 0 saturated carbocycles. The Morgan fingerprint density at radius 2 is 1.79 bits per heavy atom. The molecule has 0 saturated heterocycles. The SMILES string of the molecule is NC(=O)N1CCc2ccccc2C1c1c[nH]c2ccc(-c3cnn(-c4ccccc4)c3)cc12. The first-order valence-corrected chi connectivity index (χ1v) is 11.0. The standard InChI is InChI=1S/C27H23N5O/c28-27(33)31-13-12-18-6-4-5-9-22(18)26(31)24-16-29-25-11-10-19(14-23(24)25)20-15-30-32(17-20)21-7-2-1-3-8-21/h1-11,14-17,26,29H,12-13H2,(H2,28,33). The van der Waals surface area contributed by atoms with Crippen LogP contribution in [0.25, 0.3) is 27.7 Å². The van der Waals surface area contributed by atoms with Gasteiger partial charge in [-0.1, -0.05) is 48.5 Å². The molecule has 6 nitrogen and oxygen atoms in total. The number of rotatable bonds is 3. The molecule has 0 aliphatic carbocycles. The highest BCUT2D eigenvalue weighted by atomic mass is 16.2. The van der Waals surface area contributed by atoms with Crippen molar-refractivity contribution < 1.29 is 4.79 Å². The normalized spacial score (nSPS) is 15.5. The molecular formula is C27H23N5O. The Hall–Kier alpha value is -4.32. The molecule has 3 N–H and O–H groups in total. The number of primary amides is 1. The first-order chi connectivity index (χ1) is 16.2. The molecule has 3 aromatic carbocycles. The van der Waals surface area contributed by atoms with Crippen LogP contribution in [0.2, 0.25) is 0 Å². The molecule has 6 heteroatoms. The Bertz CT molecular complexity index is 1470. The summed E-state index contributed by atoms with van der Waals surface area (Å²) in [6, 6.07) is 24.1. The van der Waals surface area contributed by atoms with E-state index >= 15 is 0 Å². The summed E-state index contributed by atoms with van der Waals surface area (Å²) >= 11 is 0. The molecule has 1 aliphatic heterocycles. The summed E-state index contributed by atoms with van der Waals surface area (Å²) in [4.78, 5) is 17.5. The lowest BCUT2D eigenvalue weighted by molar-refractivity contribution is 0.190. The molecule has 2 amide bonds. The van der Waals surface area contributed by atoms with Gasteiger partial charge < -0.3 is 15.6 Å². The van der Waals surface area contributed by atoms with Crippen LogP contribution in [0.15, 0.2) is 91.4 Å². The van der Waals surface area contributed by atoms with Gasteiger partial charge in [-0.05, 0) is 47.4 Å². The second kappa shape index (κ2) is 7.67. The Labute approximate surface area is 191 Å². The number of carbonyl (C=O) groups is 1. The summed E-state index contributed by atoms with van der Waals surface area (Å²) in [6.45, 7) is 0.604. The lowest BCUT2D eigenvalue weighted by Gasteiger charge is -2.36. The Balaban J connectivity index is 1.46. The minimum absolute atomic E-state index is 0.219. The Morgan fingerprint density at radius 3 is 2.64 bits per heavy atom. The van der Waals surface area contributed by atoms with Crippen molar-refractivity contribution in [3.05, 3.63) is 108 Å². The number of hydrogen-bond acceptors (Lipinski definition) is 2. The molecule has 33 heavy (non-hydrogen) atoms. The van der Waals surface area contributed by atoms with E-state index in [1.54, 1.807) is 4.90 Å². The van der Waals surface area contributed by atoms with Crippen LogP contribution < -0.4 is 5.73 Å². The zero-order valence-electron chi connectivity index (χ0n) is 18.0. The molecular weight excluding hydrogens is 410 g/mol. The van der Waals surface area contributed by atoms with Crippen molar-refractivity contribution in [1.29, 1.82) is 0 Å². The van der Waals surface area contributed by atoms with E-state index in [4.69, 9.17) is 5.73 Å². The van der Waals surface area contributed by atoms with Gasteiger partial charge >= 0.3 is 6.03 Å². The third kappa shape index (κ3) is 3.27. The monoisotopic (exact) mass is 433 g/mol. The molecule has 5 aromatic rings. The van der Waals surface area contributed by atoms with E-state index in [0.717, 1.165) is 45.3 Å². The number of amides is 2. The van der Waals surface area contributed by atoms with Crippen LogP contribution in [0.3, 0.4) is 0 Å². The molecule has 0 radical (unpaired) electrons. The third-order valence-corrected chi connectivity index (χ3v) is 6.51. The fraction of sp³-hybridized carbons (Fsp3) is 0.111. The van der Waals surface area contributed by atoms with Gasteiger partial charge in [-0.3, -0.25) is 0 Å². The summed E-state index contributed by atoms with van der Waals surface area (Å²) in [5, 5.41) is 5.62. The second-order valence-electron chi connectivity index (χ2n) is 8.40. The minimum atomic E-state index is -0.399. The smallest absolute Gasteiger partial charge is 0.315 e. The minimum Gasteiger partial charge on any atom is -0.361 e. The van der Waals surface area contributed by atoms with Crippen molar-refractivity contribution in [2.75, 3.05) is 6.54 Å². The van der Waals surface area contributed by atoms with Gasteiger partial charge in [-0.2, -0.15) is 5.10 Å². The Morgan fingerprint density at radius 1 is 0.970 bits per heavy atom. The lowest BCUT2D eigenvalue weighted by atomic mass is 9.88. The van der Waals surface area contributed by atoms with E-state index in [2.05, 4.69) is 40.4 Å². The van der Waals surface area contributed by atoms with Crippen LogP contribution in [0.5, 0.6) is 0 Å². The van der Waals surface area contributed by atoms with E-state index < -0.39 is 6.03 Å². The third-order valence-electron chi connectivity index (χ3n) is 6.51. The second-order valence-corrected chi connectivity index (χ2v) is 8.40. The summed E-state index contributed by atoms with van der Waals surface area (Å²) in [5.41, 5.74) is 13.4. The van der Waals surface area contributed by atoms with Gasteiger partial charge in [-0.25, -0.2) is 9.48 Å². The zero-order chi connectivity index (χ0) is 22.4. The van der Waals surface area contributed by atoms with Crippen LogP contribution >= 0.6 is 0 Å². The van der Waals surface area contributed by atoms with E-state index in [1.807, 2.05) is 65.7 Å². The molecule has 0 spiro atoms. The number of fused-ring (bicyclic) bond motifs is 2. The van der Waals surface area contributed by atoms with Crippen LogP contribution in [0.4, 0.5) is 4.79 Å². The summed E-state index contributed by atoms with van der Waals surface area (Å²) < 4.78 is 1.88. The maximum absolute atomic E-state index is 12.4. The highest BCUT2D eigenvalue weighted by Crippen LogP contribution is 2.39. The number of aromatic amines is 1. The van der Waals surface area contributed by atoms with Crippen LogP contribution in [0, 0.1) is 0 Å². The maximum Gasteiger partial charge on any atom is 0.315 e. The first-order valence-electron chi connectivity index (χ1n) is 11.0. The number of hydrogen-bond donors (Lipinski definition) is 2. The van der Waals surface area contributed by atoms with E-state index in [1.165, 1.54) is 5.56 Å².